The zero-order valence-electron chi connectivity index (χ0n) is 30.4. The summed E-state index contributed by atoms with van der Waals surface area (Å²) in [6, 6.07) is 21.4. The maximum absolute atomic E-state index is 13.6. The number of hydrogen-bond acceptors (Lipinski definition) is 7. The summed E-state index contributed by atoms with van der Waals surface area (Å²) in [4.78, 5) is 62.5. The van der Waals surface area contributed by atoms with E-state index in [-0.39, 0.29) is 35.4 Å². The lowest BCUT2D eigenvalue weighted by molar-refractivity contribution is -0.129. The third kappa shape index (κ3) is 7.08. The van der Waals surface area contributed by atoms with Crippen molar-refractivity contribution in [2.45, 2.75) is 78.6 Å². The average molecular weight is 701 g/mol. The summed E-state index contributed by atoms with van der Waals surface area (Å²) in [5, 5.41) is 0.874. The van der Waals surface area contributed by atoms with E-state index in [0.29, 0.717) is 55.3 Å². The Morgan fingerprint density at radius 1 is 0.942 bits per heavy atom. The molecule has 268 valence electrons. The van der Waals surface area contributed by atoms with Crippen LogP contribution in [0.25, 0.3) is 28.1 Å². The highest BCUT2D eigenvalue weighted by Gasteiger charge is 2.35. The number of carbonyl (C=O) groups is 4. The summed E-state index contributed by atoms with van der Waals surface area (Å²) >= 11 is 0. The van der Waals surface area contributed by atoms with Crippen molar-refractivity contribution in [3.8, 4) is 11.1 Å². The van der Waals surface area contributed by atoms with Crippen LogP contribution in [0, 0.1) is 0 Å². The number of pyridine rings is 1. The van der Waals surface area contributed by atoms with Crippen LogP contribution in [0.1, 0.15) is 80.2 Å². The number of carbonyl (C=O) groups excluding carboxylic acids is 4. The van der Waals surface area contributed by atoms with Crippen molar-refractivity contribution in [1.29, 1.82) is 0 Å². The highest BCUT2D eigenvalue weighted by Crippen LogP contribution is 2.37. The zero-order valence-corrected chi connectivity index (χ0v) is 30.4. The minimum Gasteiger partial charge on any atom is -0.444 e. The van der Waals surface area contributed by atoms with Crippen molar-refractivity contribution in [2.75, 3.05) is 24.7 Å². The summed E-state index contributed by atoms with van der Waals surface area (Å²) in [5.74, 6) is -0.461. The first-order valence-corrected chi connectivity index (χ1v) is 17.9. The number of anilines is 1. The van der Waals surface area contributed by atoms with E-state index in [9.17, 15) is 19.2 Å². The van der Waals surface area contributed by atoms with Crippen LogP contribution in [0.4, 0.5) is 10.5 Å². The van der Waals surface area contributed by atoms with Gasteiger partial charge in [0.2, 0.25) is 17.6 Å². The van der Waals surface area contributed by atoms with E-state index in [1.807, 2.05) is 54.8 Å². The molecule has 0 saturated carbocycles. The Morgan fingerprint density at radius 3 is 2.44 bits per heavy atom. The fraction of sp³-hybridized carbons (Fsp3) is 0.357. The number of ether oxygens (including phenoxy) is 2. The molecular weight excluding hydrogens is 656 g/mol. The van der Waals surface area contributed by atoms with Gasteiger partial charge in [-0.2, -0.15) is 0 Å². The van der Waals surface area contributed by atoms with E-state index >= 15 is 0 Å². The molecule has 0 bridgehead atoms. The van der Waals surface area contributed by atoms with Gasteiger partial charge in [-0.3, -0.25) is 19.3 Å². The SMILES string of the molecule is CC(=O)N1CCc2ccc(-c3cc(/C=C4/C(=O)c5ccccc5N4C(C)=O)nc4ccc(CN(C(=O)OC(C)(C)C)C5CCOCC5)cc34)cc2C1. The van der Waals surface area contributed by atoms with E-state index in [4.69, 9.17) is 14.5 Å². The summed E-state index contributed by atoms with van der Waals surface area (Å²) in [6.07, 6.45) is 3.56. The fourth-order valence-electron chi connectivity index (χ4n) is 7.39. The molecule has 4 aromatic rings. The number of fused-ring (bicyclic) bond motifs is 3. The number of para-hydroxylation sites is 1. The number of rotatable bonds is 5. The molecule has 3 amide bonds. The molecule has 52 heavy (non-hydrogen) atoms. The molecule has 0 unspecified atom stereocenters. The summed E-state index contributed by atoms with van der Waals surface area (Å²) < 4.78 is 11.5. The van der Waals surface area contributed by atoms with Crippen molar-refractivity contribution < 1.29 is 28.7 Å². The molecule has 4 heterocycles. The summed E-state index contributed by atoms with van der Waals surface area (Å²) in [6.45, 7) is 11.4. The lowest BCUT2D eigenvalue weighted by Gasteiger charge is -2.35. The molecule has 7 rings (SSSR count). The van der Waals surface area contributed by atoms with Gasteiger partial charge in [-0.15, -0.1) is 0 Å². The minimum atomic E-state index is -0.643. The Hall–Kier alpha value is -5.35. The molecule has 1 fully saturated rings. The molecule has 1 aromatic heterocycles. The van der Waals surface area contributed by atoms with Gasteiger partial charge in [0.25, 0.3) is 0 Å². The van der Waals surface area contributed by atoms with Gasteiger partial charge < -0.3 is 19.3 Å². The molecule has 1 saturated heterocycles. The van der Waals surface area contributed by atoms with Crippen LogP contribution < -0.4 is 4.90 Å². The van der Waals surface area contributed by atoms with E-state index in [0.717, 1.165) is 46.9 Å². The predicted octanol–water partition coefficient (Wildman–Crippen LogP) is 7.31. The number of nitrogens with zero attached hydrogens (tertiary/aromatic N) is 4. The number of ketones is 1. The van der Waals surface area contributed by atoms with Crippen LogP contribution in [0.2, 0.25) is 0 Å². The number of aromatic nitrogens is 1. The highest BCUT2D eigenvalue weighted by atomic mass is 16.6. The second kappa shape index (κ2) is 14.0. The molecule has 3 aromatic carbocycles. The molecule has 3 aliphatic rings. The number of allylic oxidation sites excluding steroid dienone is 1. The average Bonchev–Trinajstić information content (AvgIpc) is 3.40. The Kier molecular flexibility index (Phi) is 9.44. The van der Waals surface area contributed by atoms with Crippen LogP contribution in [-0.2, 0) is 38.6 Å². The first kappa shape index (κ1) is 35.1. The molecule has 10 nitrogen and oxygen atoms in total. The predicted molar refractivity (Wildman–Crippen MR) is 200 cm³/mol. The van der Waals surface area contributed by atoms with Crippen molar-refractivity contribution in [1.82, 2.24) is 14.8 Å². The van der Waals surface area contributed by atoms with Crippen LogP contribution in [0.5, 0.6) is 0 Å². The molecule has 0 atom stereocenters. The van der Waals surface area contributed by atoms with Gasteiger partial charge >= 0.3 is 6.09 Å². The van der Waals surface area contributed by atoms with Gasteiger partial charge in [0.15, 0.2) is 0 Å². The normalized spacial score (nSPS) is 16.9. The number of hydrogen-bond donors (Lipinski definition) is 0. The van der Waals surface area contributed by atoms with E-state index < -0.39 is 5.60 Å². The summed E-state index contributed by atoms with van der Waals surface area (Å²) in [7, 11) is 0. The van der Waals surface area contributed by atoms with E-state index in [1.54, 1.807) is 31.2 Å². The number of benzene rings is 3. The maximum Gasteiger partial charge on any atom is 0.410 e. The second-order valence-corrected chi connectivity index (χ2v) is 14.8. The molecular formula is C42H44N4O6. The Morgan fingerprint density at radius 2 is 1.71 bits per heavy atom. The smallest absolute Gasteiger partial charge is 0.410 e. The standard InChI is InChI=1S/C42H44N4O6/c1-26(47)44-17-14-29-11-12-30(21-31(29)25-44)35-22-32(23-39-40(49)34-8-6-7-9-38(34)46(39)27(2)48)43-37-13-10-28(20-36(35)37)24-45(33-15-18-51-19-16-33)41(50)52-42(3,4)5/h6-13,20-23,33H,14-19,24-25H2,1-5H3/b39-23-. The van der Waals surface area contributed by atoms with Crippen LogP contribution in [0.3, 0.4) is 0 Å². The maximum atomic E-state index is 13.6. The zero-order chi connectivity index (χ0) is 36.7. The first-order chi connectivity index (χ1) is 24.9. The lowest BCUT2D eigenvalue weighted by Crippen LogP contribution is -2.45. The van der Waals surface area contributed by atoms with Crippen molar-refractivity contribution in [3.63, 3.8) is 0 Å². The summed E-state index contributed by atoms with van der Waals surface area (Å²) in [5.41, 5.74) is 6.88. The third-order valence-corrected chi connectivity index (χ3v) is 9.94. The van der Waals surface area contributed by atoms with Crippen molar-refractivity contribution in [3.05, 3.63) is 100 Å². The Labute approximate surface area is 304 Å². The molecule has 0 aliphatic carbocycles. The largest absolute Gasteiger partial charge is 0.444 e. The van der Waals surface area contributed by atoms with Gasteiger partial charge in [-0.05, 0) is 110 Å². The molecule has 0 spiro atoms. The second-order valence-electron chi connectivity index (χ2n) is 14.8. The topological polar surface area (TPSA) is 109 Å². The molecule has 0 radical (unpaired) electrons. The van der Waals surface area contributed by atoms with Gasteiger partial charge in [0, 0.05) is 63.7 Å². The number of Topliss-reactive ketones (excluding diaryl/α,β-unsaturated/α-hetero) is 1. The number of amides is 3. The van der Waals surface area contributed by atoms with Crippen molar-refractivity contribution in [2.24, 2.45) is 0 Å². The van der Waals surface area contributed by atoms with Gasteiger partial charge in [0.1, 0.15) is 5.60 Å². The monoisotopic (exact) mass is 700 g/mol. The van der Waals surface area contributed by atoms with Crippen molar-refractivity contribution >= 4 is 46.4 Å². The third-order valence-electron chi connectivity index (χ3n) is 9.94. The van der Waals surface area contributed by atoms with Crippen LogP contribution >= 0.6 is 0 Å². The quantitative estimate of drug-likeness (QED) is 0.201. The Bertz CT molecular complexity index is 2130. The fourth-order valence-corrected chi connectivity index (χ4v) is 7.39. The minimum absolute atomic E-state index is 0.0203. The Balaban J connectivity index is 1.34. The van der Waals surface area contributed by atoms with Crippen LogP contribution in [-0.4, -0.2) is 69.9 Å². The van der Waals surface area contributed by atoms with E-state index in [1.165, 1.54) is 17.4 Å². The van der Waals surface area contributed by atoms with E-state index in [2.05, 4.69) is 24.3 Å². The van der Waals surface area contributed by atoms with Crippen LogP contribution in [0.15, 0.2) is 72.4 Å². The molecule has 3 aliphatic heterocycles. The first-order valence-electron chi connectivity index (χ1n) is 17.9. The van der Waals surface area contributed by atoms with Gasteiger partial charge in [-0.25, -0.2) is 9.78 Å². The molecule has 0 N–H and O–H groups in total. The van der Waals surface area contributed by atoms with Gasteiger partial charge in [0.05, 0.1) is 22.6 Å². The highest BCUT2D eigenvalue weighted by molar-refractivity contribution is 6.26. The van der Waals surface area contributed by atoms with Gasteiger partial charge in [-0.1, -0.05) is 30.3 Å². The lowest BCUT2D eigenvalue weighted by atomic mass is 9.92. The molecule has 10 heteroatoms.